The molecule has 0 unspecified atom stereocenters. The quantitative estimate of drug-likeness (QED) is 0.214. The predicted octanol–water partition coefficient (Wildman–Crippen LogP) is 3.56. The smallest absolute Gasteiger partial charge is 0.238 e. The number of nitrogens with zero attached hydrogens (tertiary/aromatic N) is 1. The van der Waals surface area contributed by atoms with E-state index in [2.05, 4.69) is 33.1 Å². The second kappa shape index (κ2) is 8.21. The first-order valence-electron chi connectivity index (χ1n) is 7.05. The summed E-state index contributed by atoms with van der Waals surface area (Å²) in [5.41, 5.74) is 5.59. The van der Waals surface area contributed by atoms with Crippen LogP contribution < -0.4 is 11.1 Å². The molecule has 0 aromatic heterocycles. The summed E-state index contributed by atoms with van der Waals surface area (Å²) in [6.45, 7) is 3.96. The van der Waals surface area contributed by atoms with Gasteiger partial charge in [0.15, 0.2) is 5.84 Å². The summed E-state index contributed by atoms with van der Waals surface area (Å²) in [5.74, 6) is -0.239. The summed E-state index contributed by atoms with van der Waals surface area (Å²) in [7, 11) is 0. The van der Waals surface area contributed by atoms with Crippen LogP contribution in [0.5, 0.6) is 0 Å². The highest BCUT2D eigenvalue weighted by molar-refractivity contribution is 14.1. The van der Waals surface area contributed by atoms with E-state index in [-0.39, 0.29) is 11.7 Å². The molecule has 0 aliphatic heterocycles. The first kappa shape index (κ1) is 17.7. The van der Waals surface area contributed by atoms with Crippen molar-refractivity contribution in [3.63, 3.8) is 0 Å². The first-order valence-corrected chi connectivity index (χ1v) is 8.13. The van der Waals surface area contributed by atoms with E-state index in [1.54, 1.807) is 0 Å². The van der Waals surface area contributed by atoms with E-state index in [9.17, 15) is 4.79 Å². The van der Waals surface area contributed by atoms with E-state index >= 15 is 0 Å². The molecule has 6 heteroatoms. The molecule has 0 aliphatic carbocycles. The zero-order valence-corrected chi connectivity index (χ0v) is 14.6. The van der Waals surface area contributed by atoms with Crippen LogP contribution in [0, 0.1) is 8.99 Å². The number of anilines is 1. The lowest BCUT2D eigenvalue weighted by Crippen LogP contribution is -2.47. The van der Waals surface area contributed by atoms with Crippen LogP contribution in [-0.2, 0) is 4.79 Å². The highest BCUT2D eigenvalue weighted by Gasteiger charge is 2.41. The van der Waals surface area contributed by atoms with Gasteiger partial charge in [0, 0.05) is 9.26 Å². The van der Waals surface area contributed by atoms with Gasteiger partial charge in [0.2, 0.25) is 5.91 Å². The van der Waals surface area contributed by atoms with Crippen molar-refractivity contribution in [2.45, 2.75) is 39.5 Å². The summed E-state index contributed by atoms with van der Waals surface area (Å²) < 4.78 is 1.09. The van der Waals surface area contributed by atoms with Crippen LogP contribution in [0.15, 0.2) is 29.4 Å². The van der Waals surface area contributed by atoms with Crippen molar-refractivity contribution in [1.29, 1.82) is 0 Å². The summed E-state index contributed by atoms with van der Waals surface area (Å²) in [6, 6.07) is 7.52. The van der Waals surface area contributed by atoms with Gasteiger partial charge in [-0.15, -0.1) is 0 Å². The van der Waals surface area contributed by atoms with Gasteiger partial charge in [-0.05, 0) is 59.7 Å². The standard InChI is InChI=1S/C15H22IN3O2/c1-3-9-15(10-4-2,13(17)19-21)14(20)18-12-7-5-11(16)6-8-12/h5-8,21H,3-4,9-10H2,1-2H3,(H2,17,19)(H,18,20). The fourth-order valence-corrected chi connectivity index (χ4v) is 2.82. The monoisotopic (exact) mass is 403 g/mol. The number of oxime groups is 1. The lowest BCUT2D eigenvalue weighted by atomic mass is 9.77. The topological polar surface area (TPSA) is 87.7 Å². The summed E-state index contributed by atoms with van der Waals surface area (Å²) in [5, 5.41) is 15.0. The van der Waals surface area contributed by atoms with Gasteiger partial charge in [-0.2, -0.15) is 0 Å². The second-order valence-electron chi connectivity index (χ2n) is 5.03. The molecule has 1 rings (SSSR count). The van der Waals surface area contributed by atoms with Gasteiger partial charge in [-0.3, -0.25) is 4.79 Å². The van der Waals surface area contributed by atoms with Crippen LogP contribution in [0.1, 0.15) is 39.5 Å². The van der Waals surface area contributed by atoms with Crippen LogP contribution in [0.4, 0.5) is 5.69 Å². The normalized spacial score (nSPS) is 12.2. The molecule has 116 valence electrons. The number of nitrogens with two attached hydrogens (primary N) is 1. The zero-order valence-electron chi connectivity index (χ0n) is 12.4. The first-order chi connectivity index (χ1) is 10.00. The molecule has 5 nitrogen and oxygen atoms in total. The van der Waals surface area contributed by atoms with Gasteiger partial charge in [-0.1, -0.05) is 31.8 Å². The maximum absolute atomic E-state index is 12.7. The molecule has 21 heavy (non-hydrogen) atoms. The lowest BCUT2D eigenvalue weighted by Gasteiger charge is -2.30. The molecule has 1 amide bonds. The number of carbonyl (C=O) groups excluding carboxylic acids is 1. The van der Waals surface area contributed by atoms with E-state index in [1.807, 2.05) is 38.1 Å². The molecule has 1 aromatic carbocycles. The Morgan fingerprint density at radius 1 is 1.29 bits per heavy atom. The fraction of sp³-hybridized carbons (Fsp3) is 0.467. The molecular formula is C15H22IN3O2. The highest BCUT2D eigenvalue weighted by atomic mass is 127. The average Bonchev–Trinajstić information content (AvgIpc) is 2.48. The third kappa shape index (κ3) is 4.33. The molecule has 0 fully saturated rings. The van der Waals surface area contributed by atoms with Gasteiger partial charge in [0.05, 0.1) is 0 Å². The number of hydrogen-bond donors (Lipinski definition) is 3. The summed E-state index contributed by atoms with van der Waals surface area (Å²) in [4.78, 5) is 12.7. The van der Waals surface area contributed by atoms with Crippen molar-refractivity contribution in [1.82, 2.24) is 0 Å². The Bertz CT molecular complexity index is 494. The molecule has 0 spiro atoms. The Morgan fingerprint density at radius 3 is 2.24 bits per heavy atom. The predicted molar refractivity (Wildman–Crippen MR) is 93.4 cm³/mol. The molecule has 0 saturated heterocycles. The van der Waals surface area contributed by atoms with Gasteiger partial charge in [0.1, 0.15) is 5.41 Å². The number of amidine groups is 1. The second-order valence-corrected chi connectivity index (χ2v) is 6.27. The SMILES string of the molecule is CCCC(CCC)(C(=O)Nc1ccc(I)cc1)C(N)=NO. The summed E-state index contributed by atoms with van der Waals surface area (Å²) >= 11 is 2.20. The minimum absolute atomic E-state index is 0.0192. The molecule has 1 aromatic rings. The van der Waals surface area contributed by atoms with E-state index in [1.165, 1.54) is 0 Å². The Hall–Kier alpha value is -1.31. The fourth-order valence-electron chi connectivity index (χ4n) is 2.46. The van der Waals surface area contributed by atoms with Gasteiger partial charge in [0.25, 0.3) is 0 Å². The van der Waals surface area contributed by atoms with Crippen molar-refractivity contribution in [3.8, 4) is 0 Å². The molecular weight excluding hydrogens is 381 g/mol. The largest absolute Gasteiger partial charge is 0.409 e. The Morgan fingerprint density at radius 2 is 1.81 bits per heavy atom. The molecule has 0 heterocycles. The van der Waals surface area contributed by atoms with Crippen molar-refractivity contribution < 1.29 is 10.0 Å². The number of rotatable bonds is 7. The van der Waals surface area contributed by atoms with E-state index < -0.39 is 5.41 Å². The maximum atomic E-state index is 12.7. The number of amides is 1. The van der Waals surface area contributed by atoms with Gasteiger partial charge >= 0.3 is 0 Å². The number of nitrogens with one attached hydrogen (secondary N) is 1. The average molecular weight is 403 g/mol. The number of hydrogen-bond acceptors (Lipinski definition) is 3. The van der Waals surface area contributed by atoms with Gasteiger partial charge in [-0.25, -0.2) is 0 Å². The van der Waals surface area contributed by atoms with E-state index in [4.69, 9.17) is 10.9 Å². The molecule has 0 bridgehead atoms. The molecule has 0 atom stereocenters. The molecule has 4 N–H and O–H groups in total. The van der Waals surface area contributed by atoms with Crippen LogP contribution in [-0.4, -0.2) is 17.0 Å². The number of halogens is 1. The molecule has 0 radical (unpaired) electrons. The third-order valence-corrected chi connectivity index (χ3v) is 4.21. The summed E-state index contributed by atoms with van der Waals surface area (Å²) in [6.07, 6.45) is 2.65. The Labute approximate surface area is 139 Å². The molecule has 0 saturated carbocycles. The van der Waals surface area contributed by atoms with Crippen molar-refractivity contribution in [3.05, 3.63) is 27.8 Å². The maximum Gasteiger partial charge on any atom is 0.238 e. The van der Waals surface area contributed by atoms with E-state index in [0.717, 1.165) is 16.4 Å². The third-order valence-electron chi connectivity index (χ3n) is 3.49. The molecule has 0 aliphatic rings. The number of carbonyl (C=O) groups is 1. The highest BCUT2D eigenvalue weighted by Crippen LogP contribution is 2.32. The Balaban J connectivity index is 3.06. The van der Waals surface area contributed by atoms with Crippen LogP contribution in [0.25, 0.3) is 0 Å². The van der Waals surface area contributed by atoms with Crippen molar-refractivity contribution in [2.24, 2.45) is 16.3 Å². The minimum Gasteiger partial charge on any atom is -0.409 e. The number of benzene rings is 1. The Kier molecular flexibility index (Phi) is 6.94. The van der Waals surface area contributed by atoms with Gasteiger partial charge < -0.3 is 16.3 Å². The zero-order chi connectivity index (χ0) is 15.9. The van der Waals surface area contributed by atoms with E-state index in [0.29, 0.717) is 18.5 Å². The van der Waals surface area contributed by atoms with Crippen LogP contribution >= 0.6 is 22.6 Å². The minimum atomic E-state index is -0.957. The lowest BCUT2D eigenvalue weighted by molar-refractivity contribution is -0.123. The van der Waals surface area contributed by atoms with Crippen LogP contribution in [0.2, 0.25) is 0 Å². The van der Waals surface area contributed by atoms with Crippen molar-refractivity contribution >= 4 is 40.0 Å². The van der Waals surface area contributed by atoms with Crippen molar-refractivity contribution in [2.75, 3.05) is 5.32 Å². The van der Waals surface area contributed by atoms with Crippen LogP contribution in [0.3, 0.4) is 0 Å².